The number of para-hydroxylation sites is 1. The monoisotopic (exact) mass is 341 g/mol. The maximum atomic E-state index is 12.7. The van der Waals surface area contributed by atoms with Gasteiger partial charge in [-0.25, -0.2) is 0 Å². The Balaban J connectivity index is 1.48. The Labute approximate surface area is 144 Å². The highest BCUT2D eigenvalue weighted by Crippen LogP contribution is 2.27. The Kier molecular flexibility index (Phi) is 3.72. The van der Waals surface area contributed by atoms with Gasteiger partial charge in [-0.15, -0.1) is 0 Å². The molecule has 0 radical (unpaired) electrons. The summed E-state index contributed by atoms with van der Waals surface area (Å²) in [5.41, 5.74) is 1.66. The van der Waals surface area contributed by atoms with E-state index < -0.39 is 0 Å². The summed E-state index contributed by atoms with van der Waals surface area (Å²) in [5, 5.41) is 8.24. The Hall–Kier alpha value is -2.41. The Morgan fingerprint density at radius 1 is 1.29 bits per heavy atom. The molecule has 1 aromatic carbocycles. The van der Waals surface area contributed by atoms with Crippen molar-refractivity contribution in [1.29, 1.82) is 0 Å². The minimum Gasteiger partial charge on any atom is -0.351 e. The van der Waals surface area contributed by atoms with Gasteiger partial charge in [0.1, 0.15) is 11.5 Å². The number of rotatable bonds is 2. The number of carbonyl (C=O) groups excluding carboxylic acids is 1. The number of carbonyl (C=O) groups is 1. The number of H-pyrrole nitrogens is 2. The van der Waals surface area contributed by atoms with E-state index in [0.717, 1.165) is 42.7 Å². The van der Waals surface area contributed by atoms with E-state index in [1.165, 1.54) is 0 Å². The van der Waals surface area contributed by atoms with Crippen molar-refractivity contribution >= 4 is 29.0 Å². The number of likely N-dealkylation sites (tertiary alicyclic amines) is 1. The third kappa shape index (κ3) is 2.54. The molecule has 1 fully saturated rings. The fourth-order valence-electron chi connectivity index (χ4n) is 3.42. The van der Waals surface area contributed by atoms with Gasteiger partial charge in [0.05, 0.1) is 0 Å². The lowest BCUT2D eigenvalue weighted by atomic mass is 9.96. The topological polar surface area (TPSA) is 69.7 Å². The van der Waals surface area contributed by atoms with E-state index in [0.29, 0.717) is 16.4 Å². The highest BCUT2D eigenvalue weighted by molar-refractivity contribution is 7.71. The molecular formula is C17H19N5OS. The van der Waals surface area contributed by atoms with Crippen LogP contribution < -0.4 is 0 Å². The molecule has 0 unspecified atom stereocenters. The van der Waals surface area contributed by atoms with Crippen LogP contribution in [0.2, 0.25) is 0 Å². The highest BCUT2D eigenvalue weighted by Gasteiger charge is 2.27. The van der Waals surface area contributed by atoms with Crippen LogP contribution in [0.3, 0.4) is 0 Å². The molecule has 1 aliphatic rings. The van der Waals surface area contributed by atoms with E-state index in [-0.39, 0.29) is 5.91 Å². The first kappa shape index (κ1) is 15.1. The van der Waals surface area contributed by atoms with Crippen LogP contribution in [-0.4, -0.2) is 43.6 Å². The maximum Gasteiger partial charge on any atom is 0.270 e. The smallest absolute Gasteiger partial charge is 0.270 e. The molecule has 7 heteroatoms. The van der Waals surface area contributed by atoms with Gasteiger partial charge >= 0.3 is 0 Å². The number of hydrogen-bond acceptors (Lipinski definition) is 3. The van der Waals surface area contributed by atoms with Gasteiger partial charge < -0.3 is 14.5 Å². The predicted octanol–water partition coefficient (Wildman–Crippen LogP) is 2.98. The predicted molar refractivity (Wildman–Crippen MR) is 94.6 cm³/mol. The van der Waals surface area contributed by atoms with Crippen molar-refractivity contribution in [2.24, 2.45) is 7.05 Å². The van der Waals surface area contributed by atoms with Crippen LogP contribution in [0.4, 0.5) is 0 Å². The molecule has 0 aliphatic carbocycles. The summed E-state index contributed by atoms with van der Waals surface area (Å²) in [6.07, 6.45) is 1.80. The fraction of sp³-hybridized carbons (Fsp3) is 0.353. The normalized spacial score (nSPS) is 16.0. The van der Waals surface area contributed by atoms with Gasteiger partial charge in [-0.1, -0.05) is 18.2 Å². The van der Waals surface area contributed by atoms with Crippen molar-refractivity contribution in [2.75, 3.05) is 13.1 Å². The van der Waals surface area contributed by atoms with Crippen molar-refractivity contribution in [3.05, 3.63) is 46.6 Å². The van der Waals surface area contributed by atoms with E-state index in [2.05, 4.69) is 15.2 Å². The summed E-state index contributed by atoms with van der Waals surface area (Å²) in [5.74, 6) is 1.40. The number of nitrogens with zero attached hydrogens (tertiary/aromatic N) is 3. The lowest BCUT2D eigenvalue weighted by molar-refractivity contribution is 0.0705. The first-order chi connectivity index (χ1) is 11.6. The number of benzene rings is 1. The van der Waals surface area contributed by atoms with Crippen LogP contribution in [0, 0.1) is 4.77 Å². The third-order valence-electron chi connectivity index (χ3n) is 4.82. The summed E-state index contributed by atoms with van der Waals surface area (Å²) < 4.78 is 2.57. The SMILES string of the molecule is Cn1c(C2CCN(C(=O)c3cc4ccccc4[nH]3)CC2)n[nH]c1=S. The molecule has 24 heavy (non-hydrogen) atoms. The molecule has 2 aromatic heterocycles. The number of amides is 1. The molecule has 0 spiro atoms. The van der Waals surface area contributed by atoms with Crippen molar-refractivity contribution in [2.45, 2.75) is 18.8 Å². The van der Waals surface area contributed by atoms with Crippen molar-refractivity contribution in [3.8, 4) is 0 Å². The summed E-state index contributed by atoms with van der Waals surface area (Å²) in [7, 11) is 1.93. The summed E-state index contributed by atoms with van der Waals surface area (Å²) in [4.78, 5) is 17.9. The minimum atomic E-state index is 0.0695. The molecule has 3 heterocycles. The Morgan fingerprint density at radius 3 is 2.71 bits per heavy atom. The second-order valence-electron chi connectivity index (χ2n) is 6.28. The van der Waals surface area contributed by atoms with Gasteiger partial charge in [-0.05, 0) is 37.2 Å². The summed E-state index contributed by atoms with van der Waals surface area (Å²) in [6, 6.07) is 9.88. The van der Waals surface area contributed by atoms with Crippen molar-refractivity contribution in [3.63, 3.8) is 0 Å². The van der Waals surface area contributed by atoms with E-state index >= 15 is 0 Å². The first-order valence-corrected chi connectivity index (χ1v) is 8.52. The second kappa shape index (κ2) is 5.90. The van der Waals surface area contributed by atoms with E-state index in [4.69, 9.17) is 12.2 Å². The van der Waals surface area contributed by atoms with E-state index in [1.54, 1.807) is 0 Å². The van der Waals surface area contributed by atoms with E-state index in [1.807, 2.05) is 46.8 Å². The van der Waals surface area contributed by atoms with Crippen LogP contribution >= 0.6 is 12.2 Å². The molecular weight excluding hydrogens is 322 g/mol. The van der Waals surface area contributed by atoms with Gasteiger partial charge in [-0.2, -0.15) is 5.10 Å². The van der Waals surface area contributed by atoms with Crippen LogP contribution in [0.5, 0.6) is 0 Å². The summed E-state index contributed by atoms with van der Waals surface area (Å²) in [6.45, 7) is 1.47. The van der Waals surface area contributed by atoms with Crippen molar-refractivity contribution in [1.82, 2.24) is 24.6 Å². The van der Waals surface area contributed by atoms with Gasteiger partial charge in [0.15, 0.2) is 4.77 Å². The molecule has 124 valence electrons. The zero-order chi connectivity index (χ0) is 16.7. The average Bonchev–Trinajstić information content (AvgIpc) is 3.19. The number of aromatic nitrogens is 4. The quantitative estimate of drug-likeness (QED) is 0.704. The zero-order valence-corrected chi connectivity index (χ0v) is 14.3. The zero-order valence-electron chi connectivity index (χ0n) is 13.5. The number of piperidine rings is 1. The molecule has 1 aliphatic heterocycles. The molecule has 4 rings (SSSR count). The van der Waals surface area contributed by atoms with Crippen LogP contribution in [-0.2, 0) is 7.05 Å². The molecule has 0 atom stereocenters. The maximum absolute atomic E-state index is 12.7. The molecule has 6 nitrogen and oxygen atoms in total. The Bertz CT molecular complexity index is 912. The lowest BCUT2D eigenvalue weighted by Crippen LogP contribution is -2.38. The molecule has 1 saturated heterocycles. The van der Waals surface area contributed by atoms with Crippen LogP contribution in [0.1, 0.15) is 35.1 Å². The van der Waals surface area contributed by atoms with Gasteiger partial charge in [-0.3, -0.25) is 9.89 Å². The minimum absolute atomic E-state index is 0.0695. The van der Waals surface area contributed by atoms with Crippen LogP contribution in [0.15, 0.2) is 30.3 Å². The lowest BCUT2D eigenvalue weighted by Gasteiger charge is -2.31. The second-order valence-corrected chi connectivity index (χ2v) is 6.67. The van der Waals surface area contributed by atoms with Gasteiger partial charge in [0, 0.05) is 37.0 Å². The third-order valence-corrected chi connectivity index (χ3v) is 5.19. The molecule has 2 N–H and O–H groups in total. The Morgan fingerprint density at radius 2 is 2.04 bits per heavy atom. The fourth-order valence-corrected chi connectivity index (χ4v) is 3.56. The summed E-state index contributed by atoms with van der Waals surface area (Å²) >= 11 is 5.18. The molecule has 3 aromatic rings. The van der Waals surface area contributed by atoms with Gasteiger partial charge in [0.25, 0.3) is 5.91 Å². The molecule has 0 saturated carbocycles. The number of nitrogens with one attached hydrogen (secondary N) is 2. The van der Waals surface area contributed by atoms with Gasteiger partial charge in [0.2, 0.25) is 0 Å². The number of aromatic amines is 2. The first-order valence-electron chi connectivity index (χ1n) is 8.12. The standard InChI is InChI=1S/C17H19N5OS/c1-21-15(19-20-17(21)24)11-6-8-22(9-7-11)16(23)14-10-12-4-2-3-5-13(12)18-14/h2-5,10-11,18H,6-9H2,1H3,(H,20,24). The van der Waals surface area contributed by atoms with E-state index in [9.17, 15) is 4.79 Å². The molecule has 0 bridgehead atoms. The number of fused-ring (bicyclic) bond motifs is 1. The van der Waals surface area contributed by atoms with Crippen LogP contribution in [0.25, 0.3) is 10.9 Å². The largest absolute Gasteiger partial charge is 0.351 e. The average molecular weight is 341 g/mol. The number of hydrogen-bond donors (Lipinski definition) is 2. The van der Waals surface area contributed by atoms with Crippen molar-refractivity contribution < 1.29 is 4.79 Å². The molecule has 1 amide bonds. The highest BCUT2D eigenvalue weighted by atomic mass is 32.1.